The summed E-state index contributed by atoms with van der Waals surface area (Å²) >= 11 is 9.65. The Bertz CT molecular complexity index is 1210. The summed E-state index contributed by atoms with van der Waals surface area (Å²) < 4.78 is 12.9. The highest BCUT2D eigenvalue weighted by molar-refractivity contribution is 9.10. The Morgan fingerprint density at radius 1 is 1.22 bits per heavy atom. The Labute approximate surface area is 197 Å². The van der Waals surface area contributed by atoms with Crippen molar-refractivity contribution in [1.29, 1.82) is 0 Å². The van der Waals surface area contributed by atoms with Crippen LogP contribution >= 0.6 is 27.5 Å². The number of hydrogen-bond donors (Lipinski definition) is 2. The van der Waals surface area contributed by atoms with Gasteiger partial charge in [-0.25, -0.2) is 4.98 Å². The van der Waals surface area contributed by atoms with Crippen LogP contribution in [0, 0.1) is 5.92 Å². The topological polar surface area (TPSA) is 88.9 Å². The number of benzene rings is 2. The van der Waals surface area contributed by atoms with E-state index in [9.17, 15) is 15.0 Å². The van der Waals surface area contributed by atoms with Gasteiger partial charge in [0.05, 0.1) is 18.6 Å². The zero-order valence-corrected chi connectivity index (χ0v) is 19.3. The van der Waals surface area contributed by atoms with Crippen molar-refractivity contribution in [3.63, 3.8) is 0 Å². The van der Waals surface area contributed by atoms with E-state index < -0.39 is 29.0 Å². The lowest BCUT2D eigenvalue weighted by molar-refractivity contribution is -0.142. The molecule has 0 unspecified atom stereocenters. The Morgan fingerprint density at radius 3 is 2.53 bits per heavy atom. The molecule has 0 bridgehead atoms. The number of aliphatic hydroxyl groups is 1. The van der Waals surface area contributed by atoms with Crippen LogP contribution in [0.3, 0.4) is 0 Å². The summed E-state index contributed by atoms with van der Waals surface area (Å²) in [6.45, 7) is 0. The number of carboxylic acids is 1. The molecule has 1 fully saturated rings. The summed E-state index contributed by atoms with van der Waals surface area (Å²) in [5, 5.41) is 22.7. The van der Waals surface area contributed by atoms with Crippen LogP contribution in [0.1, 0.15) is 29.0 Å². The number of carbonyl (C=O) groups is 1. The van der Waals surface area contributed by atoms with Gasteiger partial charge in [0.1, 0.15) is 16.5 Å². The van der Waals surface area contributed by atoms with Gasteiger partial charge in [-0.3, -0.25) is 4.79 Å². The van der Waals surface area contributed by atoms with E-state index >= 15 is 0 Å². The number of hydrogen-bond acceptors (Lipinski definition) is 5. The molecule has 2 aromatic carbocycles. The van der Waals surface area contributed by atoms with Crippen LogP contribution in [0.4, 0.5) is 0 Å². The minimum atomic E-state index is -1.72. The minimum absolute atomic E-state index is 0.0787. The standard InChI is InChI=1S/C24H19BrClNO5/c1-31-21-20-17(11-18(26)27-21)32-24(14-7-9-15(25)10-8-14)19(13-5-3-2-4-6-13)16(22(28)29)12-23(20,24)30/h2-11,16,19,30H,12H2,1H3,(H,28,29)/t16-,19+,23+,24-/m0/s1. The molecule has 1 aliphatic carbocycles. The molecular weight excluding hydrogens is 498 g/mol. The first-order valence-corrected chi connectivity index (χ1v) is 11.2. The molecule has 4 atom stereocenters. The Hall–Kier alpha value is -2.61. The summed E-state index contributed by atoms with van der Waals surface area (Å²) in [4.78, 5) is 16.7. The number of methoxy groups -OCH3 is 1. The van der Waals surface area contributed by atoms with E-state index in [1.54, 1.807) is 0 Å². The summed E-state index contributed by atoms with van der Waals surface area (Å²) in [5.41, 5.74) is -1.43. The number of ether oxygens (including phenoxy) is 2. The smallest absolute Gasteiger partial charge is 0.307 e. The van der Waals surface area contributed by atoms with E-state index in [0.717, 1.165) is 10.0 Å². The Kier molecular flexibility index (Phi) is 4.96. The monoisotopic (exact) mass is 515 g/mol. The van der Waals surface area contributed by atoms with Gasteiger partial charge >= 0.3 is 5.97 Å². The van der Waals surface area contributed by atoms with Gasteiger partial charge in [-0.2, -0.15) is 0 Å². The van der Waals surface area contributed by atoms with Crippen molar-refractivity contribution >= 4 is 33.5 Å². The molecule has 1 aliphatic heterocycles. The SMILES string of the molecule is COc1nc(Cl)cc2c1[C@]1(O)C[C@H](C(=O)O)[C@@H](c3ccccc3)[C@]1(c1ccc(Br)cc1)O2. The van der Waals surface area contributed by atoms with Crippen LogP contribution in [0.5, 0.6) is 11.6 Å². The predicted octanol–water partition coefficient (Wildman–Crippen LogP) is 4.87. The fourth-order valence-corrected chi connectivity index (χ4v) is 5.79. The van der Waals surface area contributed by atoms with Crippen LogP contribution < -0.4 is 9.47 Å². The van der Waals surface area contributed by atoms with Crippen LogP contribution in [-0.2, 0) is 16.0 Å². The molecule has 2 heterocycles. The second-order valence-electron chi connectivity index (χ2n) is 8.07. The van der Waals surface area contributed by atoms with Crippen molar-refractivity contribution in [3.8, 4) is 11.6 Å². The molecule has 32 heavy (non-hydrogen) atoms. The fraction of sp³-hybridized carbons (Fsp3) is 0.250. The first-order chi connectivity index (χ1) is 15.3. The van der Waals surface area contributed by atoms with Crippen LogP contribution in [0.2, 0.25) is 5.15 Å². The number of rotatable bonds is 4. The van der Waals surface area contributed by atoms with Gasteiger partial charge in [-0.05, 0) is 29.7 Å². The lowest BCUT2D eigenvalue weighted by atomic mass is 9.71. The molecule has 5 rings (SSSR count). The molecule has 2 N–H and O–H groups in total. The summed E-state index contributed by atoms with van der Waals surface area (Å²) in [7, 11) is 1.43. The molecule has 8 heteroatoms. The number of aromatic nitrogens is 1. The van der Waals surface area contributed by atoms with Crippen LogP contribution in [0.25, 0.3) is 0 Å². The molecule has 1 aromatic heterocycles. The van der Waals surface area contributed by atoms with E-state index in [4.69, 9.17) is 21.1 Å². The van der Waals surface area contributed by atoms with Crippen LogP contribution in [-0.4, -0.2) is 28.3 Å². The molecule has 1 saturated carbocycles. The molecule has 3 aromatic rings. The van der Waals surface area contributed by atoms with E-state index in [1.807, 2.05) is 54.6 Å². The van der Waals surface area contributed by atoms with Crippen LogP contribution in [0.15, 0.2) is 65.1 Å². The Morgan fingerprint density at radius 2 is 1.91 bits per heavy atom. The normalized spacial score (nSPS) is 28.0. The number of halogens is 2. The van der Waals surface area contributed by atoms with Crippen molar-refractivity contribution in [2.45, 2.75) is 23.5 Å². The van der Waals surface area contributed by atoms with Gasteiger partial charge in [0.2, 0.25) is 5.88 Å². The summed E-state index contributed by atoms with van der Waals surface area (Å²) in [6.07, 6.45) is -0.0787. The zero-order valence-electron chi connectivity index (χ0n) is 17.0. The average Bonchev–Trinajstić information content (AvgIpc) is 3.18. The highest BCUT2D eigenvalue weighted by Crippen LogP contribution is 2.69. The molecular formula is C24H19BrClNO5. The highest BCUT2D eigenvalue weighted by atomic mass is 79.9. The number of nitrogens with zero attached hydrogens (tertiary/aromatic N) is 1. The van der Waals surface area contributed by atoms with Gasteiger partial charge < -0.3 is 19.7 Å². The van der Waals surface area contributed by atoms with Crippen molar-refractivity contribution in [2.24, 2.45) is 5.92 Å². The zero-order chi connectivity index (χ0) is 22.7. The van der Waals surface area contributed by atoms with E-state index in [0.29, 0.717) is 16.9 Å². The third kappa shape index (κ3) is 2.81. The fourth-order valence-electron chi connectivity index (χ4n) is 5.35. The van der Waals surface area contributed by atoms with Gasteiger partial charge in [-0.1, -0.05) is 70.0 Å². The molecule has 0 saturated heterocycles. The van der Waals surface area contributed by atoms with Gasteiger partial charge in [0, 0.05) is 16.5 Å². The van der Waals surface area contributed by atoms with E-state index in [1.165, 1.54) is 13.2 Å². The number of fused-ring (bicyclic) bond motifs is 3. The quantitative estimate of drug-likeness (QED) is 0.481. The average molecular weight is 517 g/mol. The second-order valence-corrected chi connectivity index (χ2v) is 9.37. The van der Waals surface area contributed by atoms with Crippen molar-refractivity contribution < 1.29 is 24.5 Å². The van der Waals surface area contributed by atoms with Gasteiger partial charge in [-0.15, -0.1) is 0 Å². The van der Waals surface area contributed by atoms with Crippen molar-refractivity contribution in [3.05, 3.63) is 87.0 Å². The summed E-state index contributed by atoms with van der Waals surface area (Å²) in [5.74, 6) is -2.17. The number of aliphatic carboxylic acids is 1. The molecule has 0 spiro atoms. The lowest BCUT2D eigenvalue weighted by Crippen LogP contribution is -2.48. The second kappa shape index (κ2) is 7.47. The Balaban J connectivity index is 1.86. The first-order valence-electron chi connectivity index (χ1n) is 10.0. The lowest BCUT2D eigenvalue weighted by Gasteiger charge is -2.40. The largest absolute Gasteiger partial charge is 0.481 e. The maximum absolute atomic E-state index is 12.5. The van der Waals surface area contributed by atoms with E-state index in [-0.39, 0.29) is 17.5 Å². The number of carboxylic acid groups (broad SMARTS) is 1. The van der Waals surface area contributed by atoms with Crippen molar-refractivity contribution in [1.82, 2.24) is 4.98 Å². The molecule has 6 nitrogen and oxygen atoms in total. The molecule has 2 aliphatic rings. The van der Waals surface area contributed by atoms with Crippen molar-refractivity contribution in [2.75, 3.05) is 7.11 Å². The molecule has 0 radical (unpaired) electrons. The van der Waals surface area contributed by atoms with Gasteiger partial charge in [0.15, 0.2) is 5.60 Å². The highest BCUT2D eigenvalue weighted by Gasteiger charge is 2.73. The maximum atomic E-state index is 12.5. The summed E-state index contributed by atoms with van der Waals surface area (Å²) in [6, 6.07) is 18.2. The van der Waals surface area contributed by atoms with Gasteiger partial charge in [0.25, 0.3) is 0 Å². The number of pyridine rings is 1. The maximum Gasteiger partial charge on any atom is 0.307 e. The third-order valence-corrected chi connectivity index (χ3v) is 7.24. The molecule has 164 valence electrons. The minimum Gasteiger partial charge on any atom is -0.481 e. The first kappa shape index (κ1) is 21.2. The van der Waals surface area contributed by atoms with E-state index in [2.05, 4.69) is 20.9 Å². The molecule has 0 amide bonds. The third-order valence-electron chi connectivity index (χ3n) is 6.52. The predicted molar refractivity (Wildman–Crippen MR) is 121 cm³/mol.